The first-order chi connectivity index (χ1) is 8.58. The molecule has 0 radical (unpaired) electrons. The van der Waals surface area contributed by atoms with Crippen LogP contribution in [0.2, 0.25) is 5.02 Å². The Morgan fingerprint density at radius 3 is 2.50 bits per heavy atom. The van der Waals surface area contributed by atoms with Crippen molar-refractivity contribution in [3.05, 3.63) is 58.9 Å². The largest absolute Gasteiger partial charge is 0.399 e. The monoisotopic (exact) mass is 283 g/mol. The molecule has 0 saturated carbocycles. The minimum absolute atomic E-state index is 0.0433. The van der Waals surface area contributed by atoms with Gasteiger partial charge in [-0.15, -0.1) is 0 Å². The van der Waals surface area contributed by atoms with Crippen molar-refractivity contribution in [1.82, 2.24) is 0 Å². The van der Waals surface area contributed by atoms with Crippen molar-refractivity contribution in [3.8, 4) is 0 Å². The van der Waals surface area contributed by atoms with Crippen LogP contribution in [-0.2, 0) is 16.6 Å². The van der Waals surface area contributed by atoms with E-state index in [1.807, 2.05) is 0 Å². The Morgan fingerprint density at radius 1 is 1.17 bits per heavy atom. The summed E-state index contributed by atoms with van der Waals surface area (Å²) in [6, 6.07) is 11.4. The van der Waals surface area contributed by atoms with E-state index >= 15 is 0 Å². The number of nitrogen functional groups attached to an aromatic ring is 1. The van der Waals surface area contributed by atoms with Gasteiger partial charge in [0, 0.05) is 16.1 Å². The molecule has 1 atom stereocenters. The Bertz CT molecular complexity index is 586. The molecule has 18 heavy (non-hydrogen) atoms. The summed E-state index contributed by atoms with van der Waals surface area (Å²) in [7, 11) is -1.32. The summed E-state index contributed by atoms with van der Waals surface area (Å²) in [5.41, 5.74) is 6.49. The molecule has 0 aliphatic heterocycles. The molecule has 0 bridgehead atoms. The van der Waals surface area contributed by atoms with Gasteiger partial charge in [0.05, 0.1) is 21.6 Å². The van der Waals surface area contributed by atoms with Gasteiger partial charge in [0.2, 0.25) is 0 Å². The molecule has 0 spiro atoms. The zero-order chi connectivity index (χ0) is 13.1. The van der Waals surface area contributed by atoms with E-state index in [1.165, 1.54) is 6.07 Å². The molecule has 94 valence electrons. The van der Waals surface area contributed by atoms with Crippen molar-refractivity contribution in [2.45, 2.75) is 10.6 Å². The lowest BCUT2D eigenvalue weighted by Crippen LogP contribution is -1.99. The fourth-order valence-corrected chi connectivity index (χ4v) is 2.81. The summed E-state index contributed by atoms with van der Waals surface area (Å²) in [6.45, 7) is 0. The van der Waals surface area contributed by atoms with E-state index in [0.29, 0.717) is 16.1 Å². The Kier molecular flexibility index (Phi) is 3.99. The van der Waals surface area contributed by atoms with Gasteiger partial charge in [-0.1, -0.05) is 23.7 Å². The van der Waals surface area contributed by atoms with E-state index in [4.69, 9.17) is 17.3 Å². The molecular weight excluding hydrogens is 273 g/mol. The summed E-state index contributed by atoms with van der Waals surface area (Å²) in [4.78, 5) is 0.614. The van der Waals surface area contributed by atoms with E-state index in [0.717, 1.165) is 0 Å². The zero-order valence-corrected chi connectivity index (χ0v) is 11.0. The molecule has 0 heterocycles. The SMILES string of the molecule is Nc1ccc(S(=O)Cc2cccc(Cl)c2F)cc1. The summed E-state index contributed by atoms with van der Waals surface area (Å²) in [5.74, 6) is -0.418. The Hall–Kier alpha value is -1.39. The second-order valence-corrected chi connectivity index (χ2v) is 5.63. The number of rotatable bonds is 3. The van der Waals surface area contributed by atoms with Crippen molar-refractivity contribution in [2.75, 3.05) is 5.73 Å². The highest BCUT2D eigenvalue weighted by atomic mass is 35.5. The van der Waals surface area contributed by atoms with Crippen LogP contribution in [0.4, 0.5) is 10.1 Å². The first-order valence-corrected chi connectivity index (χ1v) is 6.94. The first-order valence-electron chi connectivity index (χ1n) is 5.25. The van der Waals surface area contributed by atoms with Gasteiger partial charge in [0.25, 0.3) is 0 Å². The summed E-state index contributed by atoms with van der Waals surface area (Å²) in [5, 5.41) is 0.0433. The third-order valence-electron chi connectivity index (χ3n) is 2.46. The molecule has 0 aliphatic rings. The molecule has 0 saturated heterocycles. The predicted octanol–water partition coefficient (Wildman–Crippen LogP) is 3.37. The van der Waals surface area contributed by atoms with Crippen LogP contribution < -0.4 is 5.73 Å². The van der Waals surface area contributed by atoms with Crippen LogP contribution in [0, 0.1) is 5.82 Å². The molecule has 2 aromatic carbocycles. The van der Waals surface area contributed by atoms with Crippen LogP contribution >= 0.6 is 11.6 Å². The van der Waals surface area contributed by atoms with Gasteiger partial charge >= 0.3 is 0 Å². The zero-order valence-electron chi connectivity index (χ0n) is 9.40. The molecule has 5 heteroatoms. The number of nitrogens with two attached hydrogens (primary N) is 1. The smallest absolute Gasteiger partial charge is 0.145 e. The minimum atomic E-state index is -1.32. The van der Waals surface area contributed by atoms with Crippen LogP contribution in [0.25, 0.3) is 0 Å². The van der Waals surface area contributed by atoms with Crippen molar-refractivity contribution < 1.29 is 8.60 Å². The number of benzene rings is 2. The molecule has 2 aromatic rings. The Morgan fingerprint density at radius 2 is 1.83 bits per heavy atom. The maximum Gasteiger partial charge on any atom is 0.145 e. The van der Waals surface area contributed by atoms with Gasteiger partial charge in [-0.25, -0.2) is 4.39 Å². The van der Waals surface area contributed by atoms with Gasteiger partial charge in [-0.05, 0) is 30.3 Å². The average Bonchev–Trinajstić information content (AvgIpc) is 2.36. The fourth-order valence-electron chi connectivity index (χ4n) is 1.50. The highest BCUT2D eigenvalue weighted by Crippen LogP contribution is 2.21. The number of hydrogen-bond donors (Lipinski definition) is 1. The lowest BCUT2D eigenvalue weighted by molar-refractivity contribution is 0.615. The molecule has 0 amide bonds. The van der Waals surface area contributed by atoms with Gasteiger partial charge < -0.3 is 5.73 Å². The summed E-state index contributed by atoms with van der Waals surface area (Å²) in [6.07, 6.45) is 0. The number of anilines is 1. The third kappa shape index (κ3) is 2.89. The normalized spacial score (nSPS) is 12.3. The minimum Gasteiger partial charge on any atom is -0.399 e. The molecule has 2 N–H and O–H groups in total. The average molecular weight is 284 g/mol. The van der Waals surface area contributed by atoms with E-state index in [-0.39, 0.29) is 10.8 Å². The Balaban J connectivity index is 2.21. The molecule has 2 nitrogen and oxygen atoms in total. The summed E-state index contributed by atoms with van der Waals surface area (Å²) >= 11 is 5.67. The van der Waals surface area contributed by atoms with Gasteiger partial charge in [0.1, 0.15) is 5.82 Å². The lowest BCUT2D eigenvalue weighted by atomic mass is 10.2. The van der Waals surface area contributed by atoms with Gasteiger partial charge in [0.15, 0.2) is 0 Å². The van der Waals surface area contributed by atoms with Crippen LogP contribution in [0.1, 0.15) is 5.56 Å². The van der Waals surface area contributed by atoms with Crippen LogP contribution in [0.15, 0.2) is 47.4 Å². The maximum absolute atomic E-state index is 13.7. The van der Waals surface area contributed by atoms with Crippen molar-refractivity contribution >= 4 is 28.1 Å². The molecule has 0 aliphatic carbocycles. The highest BCUT2D eigenvalue weighted by Gasteiger charge is 2.11. The second kappa shape index (κ2) is 5.50. The van der Waals surface area contributed by atoms with E-state index in [9.17, 15) is 8.60 Å². The van der Waals surface area contributed by atoms with E-state index in [2.05, 4.69) is 0 Å². The maximum atomic E-state index is 13.7. The number of hydrogen-bond acceptors (Lipinski definition) is 2. The number of halogens is 2. The lowest BCUT2D eigenvalue weighted by Gasteiger charge is -2.05. The van der Waals surface area contributed by atoms with Crippen molar-refractivity contribution in [3.63, 3.8) is 0 Å². The van der Waals surface area contributed by atoms with Gasteiger partial charge in [-0.2, -0.15) is 0 Å². The molecule has 1 unspecified atom stereocenters. The van der Waals surface area contributed by atoms with Crippen molar-refractivity contribution in [1.29, 1.82) is 0 Å². The topological polar surface area (TPSA) is 43.1 Å². The standard InChI is InChI=1S/C13H11ClFNOS/c14-12-3-1-2-9(13(12)15)8-18(17)11-6-4-10(16)5-7-11/h1-7H,8,16H2. The Labute approximate surface area is 112 Å². The van der Waals surface area contributed by atoms with Gasteiger partial charge in [-0.3, -0.25) is 4.21 Å². The van der Waals surface area contributed by atoms with Crippen LogP contribution in [0.5, 0.6) is 0 Å². The molecule has 0 fully saturated rings. The molecule has 2 rings (SSSR count). The van der Waals surface area contributed by atoms with Crippen LogP contribution in [-0.4, -0.2) is 4.21 Å². The first kappa shape index (κ1) is 13.1. The molecular formula is C13H11ClFNOS. The second-order valence-electron chi connectivity index (χ2n) is 3.77. The van der Waals surface area contributed by atoms with Crippen molar-refractivity contribution in [2.24, 2.45) is 0 Å². The quantitative estimate of drug-likeness (QED) is 0.878. The summed E-state index contributed by atoms with van der Waals surface area (Å²) < 4.78 is 25.7. The van der Waals surface area contributed by atoms with Crippen LogP contribution in [0.3, 0.4) is 0 Å². The van der Waals surface area contributed by atoms with E-state index < -0.39 is 16.6 Å². The van der Waals surface area contributed by atoms with E-state index in [1.54, 1.807) is 36.4 Å². The fraction of sp³-hybridized carbons (Fsp3) is 0.0769. The third-order valence-corrected chi connectivity index (χ3v) is 4.12. The molecule has 0 aromatic heterocycles. The highest BCUT2D eigenvalue weighted by molar-refractivity contribution is 7.84. The predicted molar refractivity (Wildman–Crippen MR) is 72.4 cm³/mol.